The van der Waals surface area contributed by atoms with Gasteiger partial charge in [0.1, 0.15) is 0 Å². The number of aryl methyl sites for hydroxylation is 1. The number of nitrogens with zero attached hydrogens (tertiary/aromatic N) is 4. The van der Waals surface area contributed by atoms with Crippen molar-refractivity contribution in [3.8, 4) is 17.0 Å². The summed E-state index contributed by atoms with van der Waals surface area (Å²) in [6, 6.07) is 11.6. The van der Waals surface area contributed by atoms with Gasteiger partial charge in [0, 0.05) is 53.9 Å². The van der Waals surface area contributed by atoms with Gasteiger partial charge in [-0.25, -0.2) is 4.98 Å². The second-order valence-electron chi connectivity index (χ2n) is 7.29. The van der Waals surface area contributed by atoms with E-state index in [9.17, 15) is 4.79 Å². The molecule has 0 aliphatic rings. The summed E-state index contributed by atoms with van der Waals surface area (Å²) in [6.07, 6.45) is 7.45. The molecular weight excluding hydrogens is 364 g/mol. The molecule has 3 aromatic heterocycles. The highest BCUT2D eigenvalue weighted by molar-refractivity contribution is 5.98. The molecule has 0 atom stereocenters. The van der Waals surface area contributed by atoms with Gasteiger partial charge >= 0.3 is 0 Å². The third kappa shape index (κ3) is 4.32. The highest BCUT2D eigenvalue weighted by Gasteiger charge is 2.11. The van der Waals surface area contributed by atoms with Crippen LogP contribution in [0.4, 0.5) is 0 Å². The third-order valence-corrected chi connectivity index (χ3v) is 4.57. The summed E-state index contributed by atoms with van der Waals surface area (Å²) >= 11 is 0. The molecule has 0 radical (unpaired) electrons. The minimum absolute atomic E-state index is 0.00372. The van der Waals surface area contributed by atoms with Crippen LogP contribution in [0.1, 0.15) is 29.9 Å². The van der Waals surface area contributed by atoms with Crippen LogP contribution in [0.2, 0.25) is 0 Å². The average molecular weight is 386 g/mol. The van der Waals surface area contributed by atoms with E-state index in [-0.39, 0.29) is 18.3 Å². The molecule has 29 heavy (non-hydrogen) atoms. The topological polar surface area (TPSA) is 69.9 Å². The SMILES string of the molecule is CC(C)Oc1cc(C(=O)Cc2cc3cc(-c4cnn(C)c4)ccc3cn2)ccn1. The van der Waals surface area contributed by atoms with Crippen LogP contribution in [0, 0.1) is 0 Å². The van der Waals surface area contributed by atoms with Crippen molar-refractivity contribution in [3.63, 3.8) is 0 Å². The number of Topliss-reactive ketones (excluding diaryl/α,β-unsaturated/α-hetero) is 1. The zero-order chi connectivity index (χ0) is 20.4. The summed E-state index contributed by atoms with van der Waals surface area (Å²) in [7, 11) is 1.90. The van der Waals surface area contributed by atoms with E-state index in [1.54, 1.807) is 23.0 Å². The summed E-state index contributed by atoms with van der Waals surface area (Å²) in [5, 5.41) is 6.31. The minimum Gasteiger partial charge on any atom is -0.475 e. The fraction of sp³-hybridized carbons (Fsp3) is 0.217. The summed E-state index contributed by atoms with van der Waals surface area (Å²) in [6.45, 7) is 3.85. The number of aromatic nitrogens is 4. The lowest BCUT2D eigenvalue weighted by molar-refractivity contribution is 0.0991. The van der Waals surface area contributed by atoms with E-state index in [2.05, 4.69) is 27.2 Å². The fourth-order valence-electron chi connectivity index (χ4n) is 3.19. The van der Waals surface area contributed by atoms with Crippen LogP contribution < -0.4 is 4.74 Å². The quantitative estimate of drug-likeness (QED) is 0.464. The van der Waals surface area contributed by atoms with Gasteiger partial charge in [-0.15, -0.1) is 0 Å². The van der Waals surface area contributed by atoms with Crippen molar-refractivity contribution >= 4 is 16.6 Å². The van der Waals surface area contributed by atoms with Crippen LogP contribution in [0.5, 0.6) is 5.88 Å². The molecular formula is C23H22N4O2. The fourth-order valence-corrected chi connectivity index (χ4v) is 3.19. The van der Waals surface area contributed by atoms with Crippen molar-refractivity contribution in [3.05, 3.63) is 72.4 Å². The molecule has 0 bridgehead atoms. The molecule has 6 heteroatoms. The summed E-state index contributed by atoms with van der Waals surface area (Å²) < 4.78 is 7.36. The average Bonchev–Trinajstić information content (AvgIpc) is 3.13. The Bertz CT molecular complexity index is 1180. The Morgan fingerprint density at radius 3 is 2.66 bits per heavy atom. The molecule has 0 amide bonds. The van der Waals surface area contributed by atoms with Crippen molar-refractivity contribution in [2.75, 3.05) is 0 Å². The molecule has 0 N–H and O–H groups in total. The lowest BCUT2D eigenvalue weighted by Gasteiger charge is -2.09. The molecule has 0 unspecified atom stereocenters. The van der Waals surface area contributed by atoms with Gasteiger partial charge in [0.2, 0.25) is 5.88 Å². The Balaban J connectivity index is 1.58. The smallest absolute Gasteiger partial charge is 0.214 e. The van der Waals surface area contributed by atoms with E-state index in [4.69, 9.17) is 4.74 Å². The summed E-state index contributed by atoms with van der Waals surface area (Å²) in [5.74, 6) is 0.440. The van der Waals surface area contributed by atoms with E-state index >= 15 is 0 Å². The molecule has 6 nitrogen and oxygen atoms in total. The van der Waals surface area contributed by atoms with E-state index in [1.807, 2.05) is 51.6 Å². The number of ketones is 1. The maximum atomic E-state index is 12.7. The van der Waals surface area contributed by atoms with Crippen LogP contribution in [0.3, 0.4) is 0 Å². The van der Waals surface area contributed by atoms with Crippen LogP contribution in [-0.2, 0) is 13.5 Å². The molecule has 0 aliphatic carbocycles. The first-order valence-corrected chi connectivity index (χ1v) is 9.51. The zero-order valence-corrected chi connectivity index (χ0v) is 16.7. The van der Waals surface area contributed by atoms with Gasteiger partial charge in [0.15, 0.2) is 5.78 Å². The van der Waals surface area contributed by atoms with Crippen molar-refractivity contribution < 1.29 is 9.53 Å². The van der Waals surface area contributed by atoms with Gasteiger partial charge in [-0.05, 0) is 43.0 Å². The van der Waals surface area contributed by atoms with Gasteiger partial charge in [0.05, 0.1) is 18.7 Å². The Labute approximate surface area is 169 Å². The summed E-state index contributed by atoms with van der Waals surface area (Å²) in [5.41, 5.74) is 3.44. The first-order chi connectivity index (χ1) is 14.0. The van der Waals surface area contributed by atoms with Crippen molar-refractivity contribution in [1.29, 1.82) is 0 Å². The molecule has 0 saturated heterocycles. The van der Waals surface area contributed by atoms with Crippen LogP contribution in [0.15, 0.2) is 61.2 Å². The van der Waals surface area contributed by atoms with E-state index < -0.39 is 0 Å². The Morgan fingerprint density at radius 1 is 1.03 bits per heavy atom. The number of hydrogen-bond donors (Lipinski definition) is 0. The van der Waals surface area contributed by atoms with Crippen molar-refractivity contribution in [2.45, 2.75) is 26.4 Å². The molecule has 0 fully saturated rings. The number of carbonyl (C=O) groups excluding carboxylic acids is 1. The molecule has 4 rings (SSSR count). The molecule has 3 heterocycles. The third-order valence-electron chi connectivity index (χ3n) is 4.57. The molecule has 0 spiro atoms. The number of benzene rings is 1. The second kappa shape index (κ2) is 7.83. The zero-order valence-electron chi connectivity index (χ0n) is 16.7. The largest absolute Gasteiger partial charge is 0.475 e. The van der Waals surface area contributed by atoms with Gasteiger partial charge < -0.3 is 4.74 Å². The molecule has 1 aromatic carbocycles. The Morgan fingerprint density at radius 2 is 1.90 bits per heavy atom. The highest BCUT2D eigenvalue weighted by Crippen LogP contribution is 2.24. The Kier molecular flexibility index (Phi) is 5.08. The van der Waals surface area contributed by atoms with Crippen molar-refractivity contribution in [1.82, 2.24) is 19.7 Å². The lowest BCUT2D eigenvalue weighted by Crippen LogP contribution is -2.09. The normalized spacial score (nSPS) is 11.2. The van der Waals surface area contributed by atoms with Gasteiger partial charge in [-0.2, -0.15) is 5.10 Å². The molecule has 0 saturated carbocycles. The number of hydrogen-bond acceptors (Lipinski definition) is 5. The van der Waals surface area contributed by atoms with E-state index in [1.165, 1.54) is 0 Å². The predicted octanol–water partition coefficient (Wildman–Crippen LogP) is 4.24. The number of rotatable bonds is 6. The lowest BCUT2D eigenvalue weighted by atomic mass is 10.0. The number of pyridine rings is 2. The van der Waals surface area contributed by atoms with Gasteiger partial charge in [0.25, 0.3) is 0 Å². The van der Waals surface area contributed by atoms with E-state index in [0.717, 1.165) is 27.6 Å². The Hall–Kier alpha value is -3.54. The molecule has 4 aromatic rings. The number of ether oxygens (including phenoxy) is 1. The van der Waals surface area contributed by atoms with Gasteiger partial charge in [-0.1, -0.05) is 12.1 Å². The monoisotopic (exact) mass is 386 g/mol. The first kappa shape index (κ1) is 18.8. The predicted molar refractivity (Wildman–Crippen MR) is 112 cm³/mol. The minimum atomic E-state index is -0.0173. The van der Waals surface area contributed by atoms with E-state index in [0.29, 0.717) is 11.4 Å². The molecule has 0 aliphatic heterocycles. The maximum Gasteiger partial charge on any atom is 0.214 e. The second-order valence-corrected chi connectivity index (χ2v) is 7.29. The number of carbonyl (C=O) groups is 1. The highest BCUT2D eigenvalue weighted by atomic mass is 16.5. The standard InChI is InChI=1S/C23H22N4O2/c1-15(2)29-23-10-17(6-7-24-23)22(28)11-21-9-19-8-16(4-5-18(19)12-25-21)20-13-26-27(3)14-20/h4-10,12-15H,11H2,1-3H3. The van der Waals surface area contributed by atoms with Crippen LogP contribution in [0.25, 0.3) is 21.9 Å². The number of fused-ring (bicyclic) bond motifs is 1. The van der Waals surface area contributed by atoms with Crippen LogP contribution >= 0.6 is 0 Å². The van der Waals surface area contributed by atoms with Gasteiger partial charge in [-0.3, -0.25) is 14.5 Å². The first-order valence-electron chi connectivity index (χ1n) is 9.51. The van der Waals surface area contributed by atoms with Crippen LogP contribution in [-0.4, -0.2) is 31.6 Å². The maximum absolute atomic E-state index is 12.7. The van der Waals surface area contributed by atoms with Crippen molar-refractivity contribution in [2.24, 2.45) is 7.05 Å². The molecule has 146 valence electrons. The summed E-state index contributed by atoms with van der Waals surface area (Å²) in [4.78, 5) is 21.4.